The molecule has 8 rings (SSSR count). The first-order valence-electron chi connectivity index (χ1n) is 16.3. The van der Waals surface area contributed by atoms with Crippen LogP contribution in [-0.4, -0.2) is 9.13 Å². The fourth-order valence-corrected chi connectivity index (χ4v) is 5.97. The molecule has 0 saturated carbocycles. The summed E-state index contributed by atoms with van der Waals surface area (Å²) >= 11 is 0. The lowest BCUT2D eigenvalue weighted by molar-refractivity contribution is 1.16. The van der Waals surface area contributed by atoms with Gasteiger partial charge in [0.15, 0.2) is 0 Å². The summed E-state index contributed by atoms with van der Waals surface area (Å²) in [6.45, 7) is 8.19. The molecule has 0 aliphatic heterocycles. The van der Waals surface area contributed by atoms with Crippen LogP contribution in [0.5, 0.6) is 0 Å². The van der Waals surface area contributed by atoms with Gasteiger partial charge in [0.1, 0.15) is 6.07 Å². The summed E-state index contributed by atoms with van der Waals surface area (Å²) in [5.41, 5.74) is 2.18. The van der Waals surface area contributed by atoms with Crippen LogP contribution in [0.2, 0.25) is 0 Å². The summed E-state index contributed by atoms with van der Waals surface area (Å²) in [6, 6.07) is 29.5. The molecule has 6 aromatic carbocycles. The van der Waals surface area contributed by atoms with Crippen LogP contribution in [0, 0.1) is 17.9 Å². The molecule has 0 atom stereocenters. The van der Waals surface area contributed by atoms with Crippen molar-refractivity contribution >= 4 is 49.3 Å². The number of hydrogen-bond acceptors (Lipinski definition) is 1. The van der Waals surface area contributed by atoms with Crippen LogP contribution in [0.4, 0.5) is 5.69 Å². The molecule has 42 heavy (non-hydrogen) atoms. The summed E-state index contributed by atoms with van der Waals surface area (Å²) in [4.78, 5) is 3.71. The van der Waals surface area contributed by atoms with Gasteiger partial charge in [0.25, 0.3) is 0 Å². The number of nitriles is 1. The van der Waals surface area contributed by atoms with E-state index in [1.54, 1.807) is 9.13 Å². The van der Waals surface area contributed by atoms with Crippen molar-refractivity contribution in [2.24, 2.45) is 0 Å². The molecular formula is C38H22N4. The lowest BCUT2D eigenvalue weighted by Gasteiger charge is -2.18. The van der Waals surface area contributed by atoms with Gasteiger partial charge in [0, 0.05) is 22.9 Å². The van der Waals surface area contributed by atoms with E-state index < -0.39 is 30.2 Å². The zero-order valence-corrected chi connectivity index (χ0v) is 22.0. The molecule has 0 fully saturated rings. The first kappa shape index (κ1) is 18.3. The van der Waals surface area contributed by atoms with Crippen LogP contribution in [-0.2, 0) is 0 Å². The number of fused-ring (bicyclic) bond motifs is 6. The maximum Gasteiger partial charge on any atom is 0.211 e. The zero-order valence-electron chi connectivity index (χ0n) is 28.0. The van der Waals surface area contributed by atoms with E-state index in [4.69, 9.17) is 10.7 Å². The fraction of sp³-hybridized carbons (Fsp3) is 0. The molecule has 0 saturated heterocycles. The molecule has 2 heterocycles. The molecule has 8 aromatic rings. The van der Waals surface area contributed by atoms with Crippen LogP contribution in [0.25, 0.3) is 71.0 Å². The zero-order chi connectivity index (χ0) is 33.4. The van der Waals surface area contributed by atoms with Crippen molar-refractivity contribution in [1.29, 1.82) is 5.26 Å². The number of para-hydroxylation sites is 5. The van der Waals surface area contributed by atoms with Crippen molar-refractivity contribution in [2.45, 2.75) is 0 Å². The first-order chi connectivity index (χ1) is 23.3. The van der Waals surface area contributed by atoms with Crippen molar-refractivity contribution in [2.75, 3.05) is 0 Å². The summed E-state index contributed by atoms with van der Waals surface area (Å²) in [7, 11) is 0. The van der Waals surface area contributed by atoms with Crippen LogP contribution in [0.15, 0.2) is 133 Å². The van der Waals surface area contributed by atoms with Crippen molar-refractivity contribution in [1.82, 2.24) is 9.13 Å². The van der Waals surface area contributed by atoms with E-state index in [2.05, 4.69) is 10.9 Å². The van der Waals surface area contributed by atoms with Crippen LogP contribution in [0.1, 0.15) is 13.8 Å². The highest BCUT2D eigenvalue weighted by molar-refractivity contribution is 6.11. The van der Waals surface area contributed by atoms with Gasteiger partial charge in [0.2, 0.25) is 5.69 Å². The Labute approximate surface area is 250 Å². The molecule has 2 aromatic heterocycles. The van der Waals surface area contributed by atoms with Gasteiger partial charge in [-0.2, -0.15) is 5.26 Å². The van der Waals surface area contributed by atoms with Gasteiger partial charge in [-0.25, -0.2) is 4.85 Å². The topological polar surface area (TPSA) is 38.0 Å². The molecule has 0 bridgehead atoms. The van der Waals surface area contributed by atoms with Gasteiger partial charge >= 0.3 is 0 Å². The van der Waals surface area contributed by atoms with E-state index in [1.807, 2.05) is 97.1 Å². The first-order valence-corrected chi connectivity index (χ1v) is 13.3. The van der Waals surface area contributed by atoms with Gasteiger partial charge in [-0.3, -0.25) is 0 Å². The SMILES string of the molecule is [2H]c1c([2H])c([N+]#[C-])c(-n2c3ccccc3c3ccccc32)c(-c2c([2H])c([2H])c(C#N)c(-n3c4ccccc4c4ccccc43)c2[2H])c1[2H]. The number of benzene rings is 6. The van der Waals surface area contributed by atoms with E-state index in [0.29, 0.717) is 22.1 Å². The average Bonchev–Trinajstić information content (AvgIpc) is 3.62. The van der Waals surface area contributed by atoms with Crippen LogP contribution in [0.3, 0.4) is 0 Å². The fourth-order valence-electron chi connectivity index (χ4n) is 5.97. The number of hydrogen-bond donors (Lipinski definition) is 0. The Morgan fingerprint density at radius 3 is 1.64 bits per heavy atom. The molecular weight excluding hydrogens is 512 g/mol. The predicted molar refractivity (Wildman–Crippen MR) is 172 cm³/mol. The van der Waals surface area contributed by atoms with Crippen molar-refractivity contribution in [3.05, 3.63) is 150 Å². The maximum atomic E-state index is 10.4. The van der Waals surface area contributed by atoms with Gasteiger partial charge in [0.05, 0.1) is 52.4 Å². The minimum absolute atomic E-state index is 0.0596. The Morgan fingerprint density at radius 1 is 0.643 bits per heavy atom. The Balaban J connectivity index is 1.61. The number of nitrogens with zero attached hydrogens (tertiary/aromatic N) is 4. The second-order valence-electron chi connectivity index (χ2n) is 9.88. The van der Waals surface area contributed by atoms with Gasteiger partial charge in [-0.05, 0) is 47.5 Å². The number of rotatable bonds is 3. The molecule has 0 unspecified atom stereocenters. The molecule has 0 aliphatic carbocycles. The normalized spacial score (nSPS) is 13.3. The molecule has 0 spiro atoms. The molecule has 194 valence electrons. The lowest BCUT2D eigenvalue weighted by Crippen LogP contribution is -2.00. The monoisotopic (exact) mass is 540 g/mol. The molecule has 4 heteroatoms. The number of aromatic nitrogens is 2. The maximum absolute atomic E-state index is 10.4. The summed E-state index contributed by atoms with van der Waals surface area (Å²) in [5.74, 6) is 0. The third-order valence-electron chi connectivity index (χ3n) is 7.70. The molecule has 0 aliphatic rings. The largest absolute Gasteiger partial charge is 0.318 e. The third-order valence-corrected chi connectivity index (χ3v) is 7.70. The summed E-state index contributed by atoms with van der Waals surface area (Å²) in [6.07, 6.45) is 0. The van der Waals surface area contributed by atoms with E-state index in [1.165, 1.54) is 0 Å². The third kappa shape index (κ3) is 3.33. The summed E-state index contributed by atoms with van der Waals surface area (Å²) in [5, 5.41) is 13.9. The minimum Gasteiger partial charge on any atom is -0.318 e. The Kier molecular flexibility index (Phi) is 4.02. The highest BCUT2D eigenvalue weighted by atomic mass is 15.0. The standard InChI is InChI=1S/C38H22N4/c1-40-32-16-10-15-27(38(32)42-35-19-8-4-13-30(35)31-14-5-9-20-36(31)42)25-21-22-26(24-39)37(23-25)41-33-17-6-2-11-28(33)29-12-3-7-18-34(29)41/h2-23H/i10D,15D,16D,21D,22D,23D. The highest BCUT2D eigenvalue weighted by Gasteiger charge is 2.20. The Hall–Kier alpha value is -6.10. The van der Waals surface area contributed by atoms with E-state index >= 15 is 0 Å². The highest BCUT2D eigenvalue weighted by Crippen LogP contribution is 2.42. The molecule has 4 nitrogen and oxygen atoms in total. The van der Waals surface area contributed by atoms with Crippen LogP contribution < -0.4 is 0 Å². The molecule has 0 radical (unpaired) electrons. The second kappa shape index (κ2) is 9.24. The van der Waals surface area contributed by atoms with Crippen molar-refractivity contribution < 1.29 is 8.22 Å². The van der Waals surface area contributed by atoms with Gasteiger partial charge in [-0.1, -0.05) is 97.0 Å². The second-order valence-corrected chi connectivity index (χ2v) is 9.88. The average molecular weight is 541 g/mol. The Morgan fingerprint density at radius 2 is 1.14 bits per heavy atom. The summed E-state index contributed by atoms with van der Waals surface area (Å²) < 4.78 is 58.3. The lowest BCUT2D eigenvalue weighted by atomic mass is 9.99. The van der Waals surface area contributed by atoms with Gasteiger partial charge in [-0.15, -0.1) is 0 Å². The van der Waals surface area contributed by atoms with E-state index in [-0.39, 0.29) is 39.8 Å². The smallest absolute Gasteiger partial charge is 0.211 e. The molecule has 0 amide bonds. The predicted octanol–water partition coefficient (Wildman–Crippen LogP) is 9.97. The van der Waals surface area contributed by atoms with Gasteiger partial charge < -0.3 is 9.13 Å². The van der Waals surface area contributed by atoms with Crippen molar-refractivity contribution in [3.8, 4) is 28.6 Å². The molecule has 0 N–H and O–H groups in total. The van der Waals surface area contributed by atoms with E-state index in [9.17, 15) is 9.37 Å². The minimum atomic E-state index is -0.534. The van der Waals surface area contributed by atoms with Crippen molar-refractivity contribution in [3.63, 3.8) is 0 Å². The Bertz CT molecular complexity index is 2670. The van der Waals surface area contributed by atoms with E-state index in [0.717, 1.165) is 21.5 Å². The van der Waals surface area contributed by atoms with Crippen LogP contribution >= 0.6 is 0 Å². The quantitative estimate of drug-likeness (QED) is 0.206.